The third-order valence-corrected chi connectivity index (χ3v) is 13.6. The molecule has 0 spiro atoms. The number of piperidine rings is 1. The molecule has 10 rings (SSSR count). The zero-order valence-corrected chi connectivity index (χ0v) is 36.3. The van der Waals surface area contributed by atoms with E-state index < -0.39 is 54.3 Å². The van der Waals surface area contributed by atoms with Crippen LogP contribution >= 0.6 is 0 Å². The quantitative estimate of drug-likeness (QED) is 0.0728. The maximum absolute atomic E-state index is 14.2. The summed E-state index contributed by atoms with van der Waals surface area (Å²) in [6, 6.07) is 20.0. The summed E-state index contributed by atoms with van der Waals surface area (Å²) in [5.41, 5.74) is 5.89. The Labute approximate surface area is 377 Å². The second kappa shape index (κ2) is 16.8. The van der Waals surface area contributed by atoms with Gasteiger partial charge in [0.1, 0.15) is 30.0 Å². The molecule has 3 amide bonds. The van der Waals surface area contributed by atoms with E-state index in [9.17, 15) is 33.1 Å². The summed E-state index contributed by atoms with van der Waals surface area (Å²) in [5, 5.41) is 16.5. The molecule has 7 atom stereocenters. The van der Waals surface area contributed by atoms with Crippen LogP contribution in [0.4, 0.5) is 18.4 Å². The van der Waals surface area contributed by atoms with Gasteiger partial charge in [-0.2, -0.15) is 8.78 Å². The molecule has 18 heteroatoms. The molecule has 66 heavy (non-hydrogen) atoms. The monoisotopic (exact) mass is 902 g/mol. The maximum Gasteiger partial charge on any atom is 0.407 e. The summed E-state index contributed by atoms with van der Waals surface area (Å²) in [7, 11) is 1.29. The molecule has 6 aromatic rings. The lowest BCUT2D eigenvalue weighted by molar-refractivity contribution is -0.139. The molecule has 0 unspecified atom stereocenters. The highest BCUT2D eigenvalue weighted by Crippen LogP contribution is 2.51. The van der Waals surface area contributed by atoms with Crippen molar-refractivity contribution < 1.29 is 47.3 Å². The standard InChI is InChI=1S/C48H48F2N8O8/c1-24(2)38(56-47(63)64-3)41(59)48-17-30(20-57(48)23-48)42-51-18-35(53-42)28-9-11-31-29(14-28)22-65-37-16-32-27(15-33(31)37)10-12-34-40(32)54-43(52-34)36-13-25(21-66-45(49)50)19-58(36)44(60)39(55-46(61)62)26-7-5-4-6-8-26/h4-12,14-16,18,24-25,30,36,38-39,45,55H,13,17,19-23H2,1-3H3,(H,51,53)(H,52,54)(H,56,63)(H,61,62)/t25-,30-,36-,38-,39+,48+,57+/m0/s1. The van der Waals surface area contributed by atoms with Crippen molar-refractivity contribution in [2.75, 3.05) is 33.4 Å². The Bertz CT molecular complexity index is 2890. The first-order chi connectivity index (χ1) is 31.8. The molecular formula is C48H48F2N8O8. The maximum atomic E-state index is 14.2. The number of carboxylic acid groups (broad SMARTS) is 1. The number of carbonyl (C=O) groups is 4. The molecule has 0 radical (unpaired) electrons. The zero-order chi connectivity index (χ0) is 46.0. The predicted molar refractivity (Wildman–Crippen MR) is 237 cm³/mol. The van der Waals surface area contributed by atoms with Crippen molar-refractivity contribution in [1.82, 2.24) is 40.4 Å². The lowest BCUT2D eigenvalue weighted by atomic mass is 9.86. The van der Waals surface area contributed by atoms with Crippen LogP contribution in [-0.4, -0.2) is 110 Å². The fraction of sp³-hybridized carbons (Fsp3) is 0.375. The van der Waals surface area contributed by atoms with Crippen LogP contribution in [0.15, 0.2) is 79.0 Å². The topological polar surface area (TPSA) is 204 Å². The van der Waals surface area contributed by atoms with Crippen molar-refractivity contribution in [3.63, 3.8) is 0 Å². The highest BCUT2D eigenvalue weighted by molar-refractivity contribution is 6.07. The number of alkyl halides is 2. The molecule has 2 aromatic heterocycles. The van der Waals surface area contributed by atoms with E-state index in [1.807, 2.05) is 38.2 Å². The number of hydrogen-bond donors (Lipinski definition) is 5. The number of aromatic nitrogens is 4. The number of Topliss-reactive ketones (excluding diaryl/α,β-unsaturated/α-hetero) is 1. The normalized spacial score (nSPS) is 22.7. The molecule has 3 fully saturated rings. The number of nitrogens with zero attached hydrogens (tertiary/aromatic N) is 4. The summed E-state index contributed by atoms with van der Waals surface area (Å²) >= 11 is 0. The van der Waals surface area contributed by atoms with Gasteiger partial charge in [-0.25, -0.2) is 19.6 Å². The van der Waals surface area contributed by atoms with E-state index in [2.05, 4.69) is 54.5 Å². The Morgan fingerprint density at radius 1 is 0.985 bits per heavy atom. The van der Waals surface area contributed by atoms with Crippen LogP contribution in [0.25, 0.3) is 44.2 Å². The fourth-order valence-corrected chi connectivity index (χ4v) is 10.3. The number of alkyl carbamates (subject to hydrolysis) is 1. The number of hydrogen-bond acceptors (Lipinski definition) is 10. The van der Waals surface area contributed by atoms with E-state index >= 15 is 0 Å². The molecule has 0 aliphatic carbocycles. The van der Waals surface area contributed by atoms with Gasteiger partial charge >= 0.3 is 18.8 Å². The van der Waals surface area contributed by atoms with Crippen molar-refractivity contribution in [2.24, 2.45) is 11.8 Å². The number of nitrogens with one attached hydrogen (secondary N) is 4. The Morgan fingerprint density at radius 2 is 1.80 bits per heavy atom. The van der Waals surface area contributed by atoms with Crippen molar-refractivity contribution in [3.05, 3.63) is 102 Å². The Morgan fingerprint density at radius 3 is 2.56 bits per heavy atom. The van der Waals surface area contributed by atoms with Gasteiger partial charge in [-0.1, -0.05) is 62.4 Å². The Hall–Kier alpha value is -6.92. The molecule has 0 saturated carbocycles. The van der Waals surface area contributed by atoms with E-state index in [1.54, 1.807) is 30.3 Å². The molecule has 4 aliphatic rings. The number of likely N-dealkylation sites (tertiary alicyclic amines) is 1. The Balaban J connectivity index is 0.895. The first-order valence-corrected chi connectivity index (χ1v) is 22.0. The number of halogens is 2. The summed E-state index contributed by atoms with van der Waals surface area (Å²) < 4.78 is 42.2. The lowest BCUT2D eigenvalue weighted by Crippen LogP contribution is -2.50. The SMILES string of the molecule is COC(=O)N[C@H](C(=O)[C@]12C[C@H](c3ncc(-c4ccc5c(c4)COc4cc6c(ccc7nc([C@@H]8C[C@H](COC(F)F)CN8C(=O)[C@H](NC(=O)O)c8ccccc8)[nH]c76)cc4-5)[nH]3)C[N@]1C2)C(C)C. The van der Waals surface area contributed by atoms with Gasteiger partial charge in [-0.15, -0.1) is 0 Å². The largest absolute Gasteiger partial charge is 0.488 e. The number of H-pyrrole nitrogens is 2. The highest BCUT2D eigenvalue weighted by Gasteiger charge is 2.65. The van der Waals surface area contributed by atoms with Crippen molar-refractivity contribution >= 4 is 45.7 Å². The van der Waals surface area contributed by atoms with Gasteiger partial charge in [0.25, 0.3) is 5.91 Å². The van der Waals surface area contributed by atoms with Crippen molar-refractivity contribution in [3.8, 4) is 28.1 Å². The van der Waals surface area contributed by atoms with Gasteiger partial charge in [0, 0.05) is 42.4 Å². The van der Waals surface area contributed by atoms with Crippen LogP contribution in [0.1, 0.15) is 67.5 Å². The predicted octanol–water partition coefficient (Wildman–Crippen LogP) is 7.29. The summed E-state index contributed by atoms with van der Waals surface area (Å²) in [5.74, 6) is 0.874. The van der Waals surface area contributed by atoms with Crippen LogP contribution in [0.5, 0.6) is 5.75 Å². The number of ketones is 1. The molecule has 4 aromatic carbocycles. The smallest absolute Gasteiger partial charge is 0.407 e. The van der Waals surface area contributed by atoms with Gasteiger partial charge in [-0.05, 0) is 70.7 Å². The molecule has 0 bridgehead atoms. The van der Waals surface area contributed by atoms with Gasteiger partial charge in [0.2, 0.25) is 0 Å². The number of ether oxygens (including phenoxy) is 3. The van der Waals surface area contributed by atoms with E-state index in [0.29, 0.717) is 54.3 Å². The second-order valence-electron chi connectivity index (χ2n) is 18.0. The Kier molecular flexibility index (Phi) is 11.0. The molecule has 5 N–H and O–H groups in total. The van der Waals surface area contributed by atoms with Crippen molar-refractivity contribution in [2.45, 2.75) is 69.5 Å². The fourth-order valence-electron chi connectivity index (χ4n) is 10.3. The molecule has 342 valence electrons. The molecule has 16 nitrogen and oxygen atoms in total. The first kappa shape index (κ1) is 43.0. The number of fused-ring (bicyclic) bond motifs is 7. The van der Waals surface area contributed by atoms with Crippen molar-refractivity contribution in [1.29, 1.82) is 0 Å². The third kappa shape index (κ3) is 7.76. The molecular weight excluding hydrogens is 855 g/mol. The van der Waals surface area contributed by atoms with Gasteiger partial charge in [0.15, 0.2) is 5.78 Å². The number of rotatable bonds is 13. The summed E-state index contributed by atoms with van der Waals surface area (Å²) in [4.78, 5) is 72.2. The van der Waals surface area contributed by atoms with E-state index in [-0.39, 0.29) is 37.2 Å². The summed E-state index contributed by atoms with van der Waals surface area (Å²) in [6.07, 6.45) is 0.695. The van der Waals surface area contributed by atoms with Crippen LogP contribution in [0.3, 0.4) is 0 Å². The van der Waals surface area contributed by atoms with Gasteiger partial charge < -0.3 is 44.8 Å². The van der Waals surface area contributed by atoms with E-state index in [0.717, 1.165) is 44.5 Å². The molecule has 6 heterocycles. The zero-order valence-electron chi connectivity index (χ0n) is 36.3. The van der Waals surface area contributed by atoms with Crippen LogP contribution in [-0.2, 0) is 25.7 Å². The summed E-state index contributed by atoms with van der Waals surface area (Å²) in [6.45, 7) is 2.28. The average Bonchev–Trinajstić information content (AvgIpc) is 3.88. The number of amides is 3. The van der Waals surface area contributed by atoms with Crippen LogP contribution in [0, 0.1) is 11.8 Å². The second-order valence-corrected chi connectivity index (χ2v) is 18.0. The number of imidazole rings is 2. The van der Waals surface area contributed by atoms with Gasteiger partial charge in [-0.3, -0.25) is 14.5 Å². The molecule has 4 aliphatic heterocycles. The van der Waals surface area contributed by atoms with Crippen LogP contribution < -0.4 is 15.4 Å². The number of carbonyl (C=O) groups excluding carboxylic acids is 3. The van der Waals surface area contributed by atoms with Crippen LogP contribution in [0.2, 0.25) is 0 Å². The molecule has 3 saturated heterocycles. The van der Waals surface area contributed by atoms with E-state index in [4.69, 9.17) is 19.4 Å². The number of benzene rings is 4. The minimum atomic E-state index is -2.98. The minimum absolute atomic E-state index is 0.00432. The van der Waals surface area contributed by atoms with Gasteiger partial charge in [0.05, 0.1) is 54.3 Å². The first-order valence-electron chi connectivity index (χ1n) is 22.0. The average molecular weight is 903 g/mol. The lowest BCUT2D eigenvalue weighted by Gasteiger charge is -2.28. The highest BCUT2D eigenvalue weighted by atomic mass is 19.3. The number of aromatic amines is 2. The minimum Gasteiger partial charge on any atom is -0.488 e. The van der Waals surface area contributed by atoms with E-state index in [1.165, 1.54) is 12.0 Å². The number of methoxy groups -OCH3 is 1. The third-order valence-electron chi connectivity index (χ3n) is 13.6.